The van der Waals surface area contributed by atoms with Crippen LogP contribution in [0.4, 0.5) is 0 Å². The Labute approximate surface area is 88.6 Å². The number of hydrogen-bond donors (Lipinski definition) is 2. The lowest BCUT2D eigenvalue weighted by atomic mass is 9.96. The van der Waals surface area contributed by atoms with E-state index in [1.54, 1.807) is 19.2 Å². The first-order valence-corrected chi connectivity index (χ1v) is 4.91. The third-order valence-corrected chi connectivity index (χ3v) is 2.97. The van der Waals surface area contributed by atoms with Crippen LogP contribution in [0.2, 0.25) is 0 Å². The van der Waals surface area contributed by atoms with Crippen LogP contribution in [0, 0.1) is 0 Å². The molecule has 15 heavy (non-hydrogen) atoms. The lowest BCUT2D eigenvalue weighted by molar-refractivity contribution is 0.115. The second-order valence-electron chi connectivity index (χ2n) is 3.98. The predicted molar refractivity (Wildman–Crippen MR) is 55.7 cm³/mol. The summed E-state index contributed by atoms with van der Waals surface area (Å²) in [7, 11) is 1.59. The second kappa shape index (κ2) is 3.72. The van der Waals surface area contributed by atoms with Crippen molar-refractivity contribution in [2.45, 2.75) is 18.3 Å². The van der Waals surface area contributed by atoms with Crippen LogP contribution in [0.3, 0.4) is 0 Å². The second-order valence-corrected chi connectivity index (χ2v) is 3.98. The summed E-state index contributed by atoms with van der Waals surface area (Å²) < 4.78 is 5.24. The van der Waals surface area contributed by atoms with Gasteiger partial charge in [-0.25, -0.2) is 5.90 Å². The minimum absolute atomic E-state index is 0.00616. The first kappa shape index (κ1) is 10.3. The molecular weight excluding hydrogens is 194 g/mol. The Morgan fingerprint density at radius 3 is 2.73 bits per heavy atom. The van der Waals surface area contributed by atoms with E-state index in [1.165, 1.54) is 0 Å². The summed E-state index contributed by atoms with van der Waals surface area (Å²) in [4.78, 5) is 4.74. The number of aromatic hydroxyl groups is 1. The normalized spacial score (nSPS) is 17.5. The highest BCUT2D eigenvalue weighted by molar-refractivity contribution is 5.47. The molecule has 4 nitrogen and oxygen atoms in total. The summed E-state index contributed by atoms with van der Waals surface area (Å²) >= 11 is 0. The molecule has 0 radical (unpaired) electrons. The molecule has 4 heteroatoms. The van der Waals surface area contributed by atoms with Crippen LogP contribution in [0.25, 0.3) is 0 Å². The maximum atomic E-state index is 9.35. The average Bonchev–Trinajstić information content (AvgIpc) is 2.99. The van der Waals surface area contributed by atoms with Crippen molar-refractivity contribution in [1.82, 2.24) is 0 Å². The summed E-state index contributed by atoms with van der Waals surface area (Å²) in [5.41, 5.74) is 1.06. The van der Waals surface area contributed by atoms with Gasteiger partial charge in [-0.1, -0.05) is 6.07 Å². The van der Waals surface area contributed by atoms with E-state index >= 15 is 0 Å². The largest absolute Gasteiger partial charge is 0.508 e. The quantitative estimate of drug-likeness (QED) is 0.734. The molecule has 0 atom stereocenters. The summed E-state index contributed by atoms with van der Waals surface area (Å²) in [6.07, 6.45) is 2.09. The van der Waals surface area contributed by atoms with Gasteiger partial charge in [-0.15, -0.1) is 0 Å². The molecule has 1 saturated carbocycles. The van der Waals surface area contributed by atoms with Crippen molar-refractivity contribution < 1.29 is 14.7 Å². The smallest absolute Gasteiger partial charge is 0.126 e. The van der Waals surface area contributed by atoms with E-state index < -0.39 is 0 Å². The standard InChI is InChI=1S/C11H15NO3/c1-14-10-6-8(13)2-3-9(10)11(4-5-11)7-15-12/h2-3,6,13H,4-5,7,12H2,1H3. The predicted octanol–water partition coefficient (Wildman–Crippen LogP) is 1.32. The lowest BCUT2D eigenvalue weighted by Gasteiger charge is -2.17. The summed E-state index contributed by atoms with van der Waals surface area (Å²) in [6, 6.07) is 5.15. The zero-order valence-corrected chi connectivity index (χ0v) is 8.69. The Bertz CT molecular complexity index is 361. The number of nitrogens with two attached hydrogens (primary N) is 1. The molecular formula is C11H15NO3. The van der Waals surface area contributed by atoms with Crippen LogP contribution in [0.15, 0.2) is 18.2 Å². The molecule has 0 saturated heterocycles. The molecule has 82 valence electrons. The third-order valence-electron chi connectivity index (χ3n) is 2.97. The zero-order valence-electron chi connectivity index (χ0n) is 8.69. The van der Waals surface area contributed by atoms with Crippen molar-refractivity contribution in [3.8, 4) is 11.5 Å². The van der Waals surface area contributed by atoms with E-state index in [2.05, 4.69) is 0 Å². The van der Waals surface area contributed by atoms with Gasteiger partial charge in [0.1, 0.15) is 11.5 Å². The van der Waals surface area contributed by atoms with E-state index in [9.17, 15) is 5.11 Å². The van der Waals surface area contributed by atoms with Crippen molar-refractivity contribution in [1.29, 1.82) is 0 Å². The monoisotopic (exact) mass is 209 g/mol. The minimum atomic E-state index is -0.00616. The topological polar surface area (TPSA) is 64.7 Å². The highest BCUT2D eigenvalue weighted by Crippen LogP contribution is 2.51. The fraction of sp³-hybridized carbons (Fsp3) is 0.455. The molecule has 1 fully saturated rings. The van der Waals surface area contributed by atoms with Gasteiger partial charge in [0, 0.05) is 17.0 Å². The minimum Gasteiger partial charge on any atom is -0.508 e. The average molecular weight is 209 g/mol. The number of hydrogen-bond acceptors (Lipinski definition) is 4. The van der Waals surface area contributed by atoms with Gasteiger partial charge in [0.15, 0.2) is 0 Å². The van der Waals surface area contributed by atoms with Crippen molar-refractivity contribution in [2.75, 3.05) is 13.7 Å². The van der Waals surface area contributed by atoms with Crippen LogP contribution in [0.1, 0.15) is 18.4 Å². The Kier molecular flexibility index (Phi) is 2.54. The molecule has 2 rings (SSSR count). The van der Waals surface area contributed by atoms with Gasteiger partial charge in [-0.2, -0.15) is 0 Å². The van der Waals surface area contributed by atoms with Crippen LogP contribution in [-0.4, -0.2) is 18.8 Å². The lowest BCUT2D eigenvalue weighted by Crippen LogP contribution is -2.18. The van der Waals surface area contributed by atoms with Crippen molar-refractivity contribution in [3.63, 3.8) is 0 Å². The molecule has 0 amide bonds. The highest BCUT2D eigenvalue weighted by Gasteiger charge is 2.46. The molecule has 0 aliphatic heterocycles. The first-order valence-electron chi connectivity index (χ1n) is 4.91. The Morgan fingerprint density at radius 2 is 2.20 bits per heavy atom. The molecule has 3 N–H and O–H groups in total. The van der Waals surface area contributed by atoms with Gasteiger partial charge < -0.3 is 14.7 Å². The number of ether oxygens (including phenoxy) is 1. The number of methoxy groups -OCH3 is 1. The van der Waals surface area contributed by atoms with Gasteiger partial charge in [-0.3, -0.25) is 0 Å². The van der Waals surface area contributed by atoms with Gasteiger partial charge in [0.05, 0.1) is 13.7 Å². The fourth-order valence-corrected chi connectivity index (χ4v) is 1.92. The van der Waals surface area contributed by atoms with Gasteiger partial charge in [0.2, 0.25) is 0 Å². The first-order chi connectivity index (χ1) is 7.22. The Morgan fingerprint density at radius 1 is 1.47 bits per heavy atom. The van der Waals surface area contributed by atoms with Crippen LogP contribution < -0.4 is 10.6 Å². The number of rotatable bonds is 4. The van der Waals surface area contributed by atoms with Crippen LogP contribution in [-0.2, 0) is 10.3 Å². The molecule has 0 unspecified atom stereocenters. The molecule has 1 aromatic carbocycles. The maximum absolute atomic E-state index is 9.35. The fourth-order valence-electron chi connectivity index (χ4n) is 1.92. The molecule has 1 aliphatic carbocycles. The van der Waals surface area contributed by atoms with E-state index in [1.807, 2.05) is 6.07 Å². The van der Waals surface area contributed by atoms with E-state index in [4.69, 9.17) is 15.5 Å². The number of benzene rings is 1. The van der Waals surface area contributed by atoms with E-state index in [0.29, 0.717) is 12.4 Å². The van der Waals surface area contributed by atoms with Gasteiger partial charge in [0.25, 0.3) is 0 Å². The Balaban J connectivity index is 2.35. The summed E-state index contributed by atoms with van der Waals surface area (Å²) in [5, 5.41) is 9.35. The molecule has 0 bridgehead atoms. The summed E-state index contributed by atoms with van der Waals surface area (Å²) in [6.45, 7) is 0.494. The SMILES string of the molecule is COc1cc(O)ccc1C1(CON)CC1. The van der Waals surface area contributed by atoms with Crippen LogP contribution >= 0.6 is 0 Å². The van der Waals surface area contributed by atoms with Crippen molar-refractivity contribution in [2.24, 2.45) is 5.90 Å². The maximum Gasteiger partial charge on any atom is 0.126 e. The van der Waals surface area contributed by atoms with E-state index in [-0.39, 0.29) is 11.2 Å². The number of phenols is 1. The van der Waals surface area contributed by atoms with Gasteiger partial charge >= 0.3 is 0 Å². The Hall–Kier alpha value is -1.26. The van der Waals surface area contributed by atoms with Gasteiger partial charge in [-0.05, 0) is 18.9 Å². The van der Waals surface area contributed by atoms with Crippen molar-refractivity contribution >= 4 is 0 Å². The van der Waals surface area contributed by atoms with Crippen LogP contribution in [0.5, 0.6) is 11.5 Å². The molecule has 0 heterocycles. The van der Waals surface area contributed by atoms with E-state index in [0.717, 1.165) is 18.4 Å². The molecule has 1 aliphatic rings. The van der Waals surface area contributed by atoms with Crippen molar-refractivity contribution in [3.05, 3.63) is 23.8 Å². The third kappa shape index (κ3) is 1.78. The molecule has 0 spiro atoms. The zero-order chi connectivity index (χ0) is 10.9. The molecule has 0 aromatic heterocycles. The molecule has 1 aromatic rings. The summed E-state index contributed by atoms with van der Waals surface area (Å²) in [5.74, 6) is 6.03. The highest BCUT2D eigenvalue weighted by atomic mass is 16.6. The number of phenolic OH excluding ortho intramolecular Hbond substituents is 1.